The van der Waals surface area contributed by atoms with E-state index in [-0.39, 0.29) is 5.92 Å². The zero-order valence-electron chi connectivity index (χ0n) is 14.1. The van der Waals surface area contributed by atoms with E-state index in [1.807, 2.05) is 30.3 Å². The molecule has 1 saturated carbocycles. The summed E-state index contributed by atoms with van der Waals surface area (Å²) in [4.78, 5) is 2.44. The van der Waals surface area contributed by atoms with Crippen molar-refractivity contribution < 1.29 is 5.11 Å². The van der Waals surface area contributed by atoms with Crippen molar-refractivity contribution in [3.63, 3.8) is 0 Å². The van der Waals surface area contributed by atoms with E-state index in [2.05, 4.69) is 16.7 Å². The molecule has 1 aliphatic carbocycles. The second-order valence-corrected chi connectivity index (χ2v) is 7.11. The highest BCUT2D eigenvalue weighted by Gasteiger charge is 2.38. The minimum absolute atomic E-state index is 0.279. The lowest BCUT2D eigenvalue weighted by Gasteiger charge is -2.29. The first kappa shape index (κ1) is 16.6. The van der Waals surface area contributed by atoms with Gasteiger partial charge in [-0.1, -0.05) is 67.9 Å². The van der Waals surface area contributed by atoms with Gasteiger partial charge in [0.25, 0.3) is 0 Å². The summed E-state index contributed by atoms with van der Waals surface area (Å²) >= 11 is 0. The van der Waals surface area contributed by atoms with Crippen LogP contribution in [0, 0.1) is 17.8 Å². The van der Waals surface area contributed by atoms with Gasteiger partial charge in [0.1, 0.15) is 0 Å². The molecule has 0 amide bonds. The molecule has 2 nitrogen and oxygen atoms in total. The zero-order chi connectivity index (χ0) is 16.0. The van der Waals surface area contributed by atoms with Crippen molar-refractivity contribution in [2.75, 3.05) is 19.6 Å². The Morgan fingerprint density at radius 2 is 1.61 bits per heavy atom. The molecular formula is C21H29NO. The van der Waals surface area contributed by atoms with E-state index in [1.54, 1.807) is 0 Å². The summed E-state index contributed by atoms with van der Waals surface area (Å²) < 4.78 is 0. The van der Waals surface area contributed by atoms with Crippen LogP contribution in [0.3, 0.4) is 0 Å². The molecule has 3 rings (SSSR count). The molecule has 1 aliphatic heterocycles. The maximum absolute atomic E-state index is 11.4. The first-order valence-corrected chi connectivity index (χ1v) is 9.29. The fourth-order valence-corrected chi connectivity index (χ4v) is 4.03. The Morgan fingerprint density at radius 3 is 2.26 bits per heavy atom. The minimum atomic E-state index is -0.969. The van der Waals surface area contributed by atoms with Crippen molar-refractivity contribution >= 4 is 0 Å². The van der Waals surface area contributed by atoms with Gasteiger partial charge in [0.2, 0.25) is 0 Å². The van der Waals surface area contributed by atoms with Gasteiger partial charge in [-0.2, -0.15) is 0 Å². The van der Waals surface area contributed by atoms with Crippen molar-refractivity contribution in [1.29, 1.82) is 0 Å². The van der Waals surface area contributed by atoms with E-state index in [4.69, 9.17) is 0 Å². The van der Waals surface area contributed by atoms with Gasteiger partial charge in [0.05, 0.1) is 6.54 Å². The third-order valence-corrected chi connectivity index (χ3v) is 5.44. The fourth-order valence-electron chi connectivity index (χ4n) is 4.03. The summed E-state index contributed by atoms with van der Waals surface area (Å²) in [5.41, 5.74) is -0.000802. The first-order valence-electron chi connectivity index (χ1n) is 9.29. The third-order valence-electron chi connectivity index (χ3n) is 5.44. The minimum Gasteiger partial charge on any atom is -0.373 e. The molecule has 2 aliphatic rings. The Kier molecular flexibility index (Phi) is 5.75. The summed E-state index contributed by atoms with van der Waals surface area (Å²) in [6, 6.07) is 10.1. The van der Waals surface area contributed by atoms with E-state index < -0.39 is 5.60 Å². The lowest BCUT2D eigenvalue weighted by atomic mass is 9.80. The van der Waals surface area contributed by atoms with Gasteiger partial charge < -0.3 is 5.11 Å². The highest BCUT2D eigenvalue weighted by atomic mass is 16.3. The third kappa shape index (κ3) is 4.16. The van der Waals surface area contributed by atoms with Crippen molar-refractivity contribution in [3.8, 4) is 11.8 Å². The molecule has 0 spiro atoms. The number of likely N-dealkylation sites (tertiary alicyclic amines) is 1. The first-order chi connectivity index (χ1) is 11.3. The maximum Gasteiger partial charge on any atom is 0.153 e. The van der Waals surface area contributed by atoms with Gasteiger partial charge in [-0.05, 0) is 44.3 Å². The predicted octanol–water partition coefficient (Wildman–Crippen LogP) is 3.94. The SMILES string of the molecule is O[C@@](C#CCN1CCCCCC1)(c1ccccc1)C1CCCC1. The van der Waals surface area contributed by atoms with E-state index in [0.29, 0.717) is 0 Å². The maximum atomic E-state index is 11.4. The molecule has 124 valence electrons. The van der Waals surface area contributed by atoms with Crippen LogP contribution >= 0.6 is 0 Å². The second kappa shape index (κ2) is 7.99. The quantitative estimate of drug-likeness (QED) is 0.855. The van der Waals surface area contributed by atoms with Crippen LogP contribution in [-0.2, 0) is 5.60 Å². The van der Waals surface area contributed by atoms with Gasteiger partial charge >= 0.3 is 0 Å². The average molecular weight is 311 g/mol. The highest BCUT2D eigenvalue weighted by Crippen LogP contribution is 2.40. The van der Waals surface area contributed by atoms with Crippen LogP contribution in [0.4, 0.5) is 0 Å². The van der Waals surface area contributed by atoms with Gasteiger partial charge in [-0.3, -0.25) is 4.90 Å². The van der Waals surface area contributed by atoms with E-state index in [0.717, 1.165) is 38.0 Å². The van der Waals surface area contributed by atoms with Crippen molar-refractivity contribution in [3.05, 3.63) is 35.9 Å². The number of hydrogen-bond donors (Lipinski definition) is 1. The molecule has 0 aromatic heterocycles. The molecule has 0 radical (unpaired) electrons. The summed E-state index contributed by atoms with van der Waals surface area (Å²) in [5, 5.41) is 11.4. The Labute approximate surface area is 140 Å². The van der Waals surface area contributed by atoms with Gasteiger partial charge in [-0.15, -0.1) is 0 Å². The van der Waals surface area contributed by atoms with Crippen LogP contribution in [0.2, 0.25) is 0 Å². The molecule has 1 aromatic carbocycles. The summed E-state index contributed by atoms with van der Waals surface area (Å²) in [6.45, 7) is 3.10. The number of benzene rings is 1. The molecule has 1 saturated heterocycles. The smallest absolute Gasteiger partial charge is 0.153 e. The zero-order valence-corrected chi connectivity index (χ0v) is 14.1. The van der Waals surface area contributed by atoms with Gasteiger partial charge in [-0.25, -0.2) is 0 Å². The summed E-state index contributed by atoms with van der Waals surface area (Å²) in [5.74, 6) is 6.89. The topological polar surface area (TPSA) is 23.5 Å². The van der Waals surface area contributed by atoms with Crippen LogP contribution in [0.25, 0.3) is 0 Å². The number of hydrogen-bond acceptors (Lipinski definition) is 2. The van der Waals surface area contributed by atoms with Crippen molar-refractivity contribution in [2.45, 2.75) is 57.0 Å². The molecule has 2 fully saturated rings. The summed E-state index contributed by atoms with van der Waals surface area (Å²) in [7, 11) is 0. The fraction of sp³-hybridized carbons (Fsp3) is 0.619. The number of nitrogens with zero attached hydrogens (tertiary/aromatic N) is 1. The monoisotopic (exact) mass is 311 g/mol. The molecule has 2 heteroatoms. The van der Waals surface area contributed by atoms with Gasteiger partial charge in [0, 0.05) is 5.92 Å². The highest BCUT2D eigenvalue weighted by molar-refractivity contribution is 5.33. The Balaban J connectivity index is 1.75. The molecule has 1 atom stereocenters. The van der Waals surface area contributed by atoms with E-state index in [1.165, 1.54) is 38.5 Å². The van der Waals surface area contributed by atoms with E-state index in [9.17, 15) is 5.11 Å². The lowest BCUT2D eigenvalue weighted by Crippen LogP contribution is -2.33. The molecule has 0 unspecified atom stereocenters. The van der Waals surface area contributed by atoms with E-state index >= 15 is 0 Å². The van der Waals surface area contributed by atoms with Crippen molar-refractivity contribution in [1.82, 2.24) is 4.90 Å². The Hall–Kier alpha value is -1.30. The number of aliphatic hydroxyl groups is 1. The van der Waals surface area contributed by atoms with Crippen LogP contribution in [0.1, 0.15) is 56.9 Å². The predicted molar refractivity (Wildman–Crippen MR) is 95.0 cm³/mol. The largest absolute Gasteiger partial charge is 0.373 e. The molecule has 23 heavy (non-hydrogen) atoms. The standard InChI is InChI=1S/C21H29NO/c23-21(20-13-6-7-14-20,19-11-4-3-5-12-19)15-10-18-22-16-8-1-2-9-17-22/h3-5,11-12,20,23H,1-2,6-9,13-14,16-18H2/t21-/m0/s1. The molecule has 1 N–H and O–H groups in total. The van der Waals surface area contributed by atoms with Crippen molar-refractivity contribution in [2.24, 2.45) is 5.92 Å². The van der Waals surface area contributed by atoms with Crippen LogP contribution < -0.4 is 0 Å². The van der Waals surface area contributed by atoms with Crippen LogP contribution in [-0.4, -0.2) is 29.6 Å². The summed E-state index contributed by atoms with van der Waals surface area (Å²) in [6.07, 6.45) is 9.87. The molecule has 1 aromatic rings. The van der Waals surface area contributed by atoms with Gasteiger partial charge in [0.15, 0.2) is 5.60 Å². The lowest BCUT2D eigenvalue weighted by molar-refractivity contribution is 0.0367. The second-order valence-electron chi connectivity index (χ2n) is 7.11. The molecule has 0 bridgehead atoms. The van der Waals surface area contributed by atoms with Crippen LogP contribution in [0.15, 0.2) is 30.3 Å². The average Bonchev–Trinajstić information content (AvgIpc) is 3.02. The number of rotatable bonds is 3. The van der Waals surface area contributed by atoms with Crippen LogP contribution in [0.5, 0.6) is 0 Å². The normalized spacial score (nSPS) is 22.8. The Bertz CT molecular complexity index is 530. The molecule has 1 heterocycles. The Morgan fingerprint density at radius 1 is 0.957 bits per heavy atom. The molecular weight excluding hydrogens is 282 g/mol.